The molecular formula is C17H27NO. The Balaban J connectivity index is 1.98. The van der Waals surface area contributed by atoms with E-state index in [1.807, 2.05) is 0 Å². The summed E-state index contributed by atoms with van der Waals surface area (Å²) in [4.78, 5) is 0. The van der Waals surface area contributed by atoms with Gasteiger partial charge in [0.1, 0.15) is 0 Å². The first-order chi connectivity index (χ1) is 9.09. The number of rotatable bonds is 6. The largest absolute Gasteiger partial charge is 0.378 e. The van der Waals surface area contributed by atoms with Crippen LogP contribution in [0.1, 0.15) is 52.1 Å². The molecule has 19 heavy (non-hydrogen) atoms. The van der Waals surface area contributed by atoms with Crippen LogP contribution in [0, 0.1) is 5.41 Å². The highest BCUT2D eigenvalue weighted by Crippen LogP contribution is 2.43. The molecule has 1 fully saturated rings. The lowest BCUT2D eigenvalue weighted by molar-refractivity contribution is -0.116. The summed E-state index contributed by atoms with van der Waals surface area (Å²) in [5, 5.41) is 3.82. The van der Waals surface area contributed by atoms with Crippen LogP contribution in [0.5, 0.6) is 0 Å². The molecule has 0 spiro atoms. The normalized spacial score (nSPS) is 26.7. The zero-order valence-corrected chi connectivity index (χ0v) is 12.6. The van der Waals surface area contributed by atoms with E-state index in [4.69, 9.17) is 4.74 Å². The second-order valence-electron chi connectivity index (χ2n) is 6.09. The first-order valence-electron chi connectivity index (χ1n) is 7.52. The van der Waals surface area contributed by atoms with Gasteiger partial charge in [-0.15, -0.1) is 0 Å². The Labute approximate surface area is 117 Å². The molecule has 0 radical (unpaired) electrons. The lowest BCUT2D eigenvalue weighted by atomic mass is 9.64. The van der Waals surface area contributed by atoms with Gasteiger partial charge in [0, 0.05) is 24.1 Å². The maximum absolute atomic E-state index is 5.80. The minimum atomic E-state index is 0.234. The van der Waals surface area contributed by atoms with Crippen molar-refractivity contribution in [2.75, 3.05) is 6.61 Å². The van der Waals surface area contributed by atoms with Crippen molar-refractivity contribution >= 4 is 0 Å². The molecule has 3 atom stereocenters. The molecule has 0 bridgehead atoms. The lowest BCUT2D eigenvalue weighted by Crippen LogP contribution is -2.61. The summed E-state index contributed by atoms with van der Waals surface area (Å²) in [5.41, 5.74) is 1.62. The monoisotopic (exact) mass is 261 g/mol. The molecule has 0 saturated heterocycles. The van der Waals surface area contributed by atoms with Gasteiger partial charge in [-0.2, -0.15) is 0 Å². The van der Waals surface area contributed by atoms with Crippen molar-refractivity contribution < 1.29 is 4.74 Å². The van der Waals surface area contributed by atoms with Crippen molar-refractivity contribution in [3.05, 3.63) is 35.9 Å². The number of ether oxygens (including phenoxy) is 1. The highest BCUT2D eigenvalue weighted by molar-refractivity contribution is 5.19. The van der Waals surface area contributed by atoms with Crippen molar-refractivity contribution in [1.82, 2.24) is 5.32 Å². The van der Waals surface area contributed by atoms with E-state index in [1.165, 1.54) is 5.56 Å². The smallest absolute Gasteiger partial charge is 0.0655 e. The third-order valence-electron chi connectivity index (χ3n) is 4.56. The summed E-state index contributed by atoms with van der Waals surface area (Å²) in [6.07, 6.45) is 2.66. The van der Waals surface area contributed by atoms with Gasteiger partial charge in [-0.05, 0) is 25.3 Å². The molecule has 0 aliphatic heterocycles. The Morgan fingerprint density at radius 1 is 1.26 bits per heavy atom. The van der Waals surface area contributed by atoms with Crippen molar-refractivity contribution in [2.45, 2.75) is 58.7 Å². The van der Waals surface area contributed by atoms with Crippen LogP contribution >= 0.6 is 0 Å². The van der Waals surface area contributed by atoms with Crippen LogP contribution in [0.3, 0.4) is 0 Å². The van der Waals surface area contributed by atoms with E-state index in [2.05, 4.69) is 63.3 Å². The van der Waals surface area contributed by atoms with Gasteiger partial charge in [-0.25, -0.2) is 0 Å². The molecule has 1 aliphatic carbocycles. The van der Waals surface area contributed by atoms with Gasteiger partial charge in [0.2, 0.25) is 0 Å². The van der Waals surface area contributed by atoms with Gasteiger partial charge < -0.3 is 10.1 Å². The molecule has 0 aromatic heterocycles. The summed E-state index contributed by atoms with van der Waals surface area (Å²) in [5.74, 6) is 0. The van der Waals surface area contributed by atoms with E-state index in [-0.39, 0.29) is 5.41 Å². The molecule has 1 aromatic rings. The Bertz CT molecular complexity index is 388. The fourth-order valence-electron chi connectivity index (χ4n) is 3.03. The SMILES string of the molecule is CCOC1CC(NC(CC)c2ccccc2)C1(C)C. The van der Waals surface area contributed by atoms with Crippen LogP contribution < -0.4 is 5.32 Å². The number of benzene rings is 1. The highest BCUT2D eigenvalue weighted by Gasteiger charge is 2.49. The third kappa shape index (κ3) is 3.01. The Hall–Kier alpha value is -0.860. The standard InChI is InChI=1S/C17H27NO/c1-5-14(13-10-8-7-9-11-13)18-15-12-16(19-6-2)17(15,3)4/h7-11,14-16,18H,5-6,12H2,1-4H3. The fraction of sp³-hybridized carbons (Fsp3) is 0.647. The topological polar surface area (TPSA) is 21.3 Å². The molecule has 2 heteroatoms. The first-order valence-corrected chi connectivity index (χ1v) is 7.52. The van der Waals surface area contributed by atoms with Gasteiger partial charge in [0.15, 0.2) is 0 Å². The minimum absolute atomic E-state index is 0.234. The third-order valence-corrected chi connectivity index (χ3v) is 4.56. The highest BCUT2D eigenvalue weighted by atomic mass is 16.5. The number of nitrogens with one attached hydrogen (secondary N) is 1. The maximum atomic E-state index is 5.80. The molecule has 3 unspecified atom stereocenters. The molecule has 106 valence electrons. The van der Waals surface area contributed by atoms with E-state index in [0.29, 0.717) is 18.2 Å². The number of hydrogen-bond donors (Lipinski definition) is 1. The van der Waals surface area contributed by atoms with Crippen molar-refractivity contribution in [3.8, 4) is 0 Å². The quantitative estimate of drug-likeness (QED) is 0.837. The molecule has 1 aromatic carbocycles. The van der Waals surface area contributed by atoms with Crippen molar-refractivity contribution in [3.63, 3.8) is 0 Å². The first kappa shape index (κ1) is 14.5. The summed E-state index contributed by atoms with van der Waals surface area (Å²) < 4.78 is 5.80. The van der Waals surface area contributed by atoms with E-state index in [0.717, 1.165) is 19.4 Å². The summed E-state index contributed by atoms with van der Waals surface area (Å²) >= 11 is 0. The van der Waals surface area contributed by atoms with Crippen LogP contribution in [0.15, 0.2) is 30.3 Å². The van der Waals surface area contributed by atoms with E-state index >= 15 is 0 Å². The van der Waals surface area contributed by atoms with Crippen molar-refractivity contribution in [1.29, 1.82) is 0 Å². The van der Waals surface area contributed by atoms with Crippen LogP contribution in [0.4, 0.5) is 0 Å². The average molecular weight is 261 g/mol. The van der Waals surface area contributed by atoms with E-state index in [9.17, 15) is 0 Å². The summed E-state index contributed by atoms with van der Waals surface area (Å²) in [6.45, 7) is 9.77. The molecule has 0 amide bonds. The zero-order valence-electron chi connectivity index (χ0n) is 12.6. The fourth-order valence-corrected chi connectivity index (χ4v) is 3.03. The Kier molecular flexibility index (Phi) is 4.64. The van der Waals surface area contributed by atoms with Gasteiger partial charge in [-0.3, -0.25) is 0 Å². The Morgan fingerprint density at radius 3 is 2.47 bits per heavy atom. The molecule has 2 rings (SSSR count). The summed E-state index contributed by atoms with van der Waals surface area (Å²) in [7, 11) is 0. The molecule has 1 N–H and O–H groups in total. The van der Waals surface area contributed by atoms with Gasteiger partial charge >= 0.3 is 0 Å². The molecule has 2 nitrogen and oxygen atoms in total. The van der Waals surface area contributed by atoms with Gasteiger partial charge in [-0.1, -0.05) is 51.1 Å². The molecule has 1 saturated carbocycles. The van der Waals surface area contributed by atoms with Crippen LogP contribution in [0.25, 0.3) is 0 Å². The van der Waals surface area contributed by atoms with Crippen LogP contribution in [-0.2, 0) is 4.74 Å². The van der Waals surface area contributed by atoms with Crippen LogP contribution in [0.2, 0.25) is 0 Å². The van der Waals surface area contributed by atoms with Gasteiger partial charge in [0.25, 0.3) is 0 Å². The van der Waals surface area contributed by atoms with E-state index < -0.39 is 0 Å². The minimum Gasteiger partial charge on any atom is -0.378 e. The maximum Gasteiger partial charge on any atom is 0.0655 e. The van der Waals surface area contributed by atoms with Crippen molar-refractivity contribution in [2.24, 2.45) is 5.41 Å². The molecule has 0 heterocycles. The zero-order chi connectivity index (χ0) is 13.9. The Morgan fingerprint density at radius 2 is 1.95 bits per heavy atom. The average Bonchev–Trinajstić information content (AvgIpc) is 2.43. The second-order valence-corrected chi connectivity index (χ2v) is 6.09. The predicted octanol–water partition coefficient (Wildman–Crippen LogP) is 3.93. The molecule has 1 aliphatic rings. The van der Waals surface area contributed by atoms with Gasteiger partial charge in [0.05, 0.1) is 6.10 Å². The summed E-state index contributed by atoms with van der Waals surface area (Å²) in [6, 6.07) is 11.7. The number of hydrogen-bond acceptors (Lipinski definition) is 2. The van der Waals surface area contributed by atoms with Crippen LogP contribution in [-0.4, -0.2) is 18.8 Å². The predicted molar refractivity (Wildman–Crippen MR) is 80.2 cm³/mol. The second kappa shape index (κ2) is 6.06. The lowest BCUT2D eigenvalue weighted by Gasteiger charge is -2.53. The molecular weight excluding hydrogens is 234 g/mol. The van der Waals surface area contributed by atoms with E-state index in [1.54, 1.807) is 0 Å².